The van der Waals surface area contributed by atoms with Gasteiger partial charge >= 0.3 is 0 Å². The molecule has 3 heterocycles. The van der Waals surface area contributed by atoms with Gasteiger partial charge in [0.2, 0.25) is 0 Å². The molecule has 0 spiro atoms. The fourth-order valence-corrected chi connectivity index (χ4v) is 15.3. The molecular formula is C89H80BN3O. The van der Waals surface area contributed by atoms with Gasteiger partial charge in [-0.15, -0.1) is 0 Å². The number of fused-ring (bicyclic) bond motifs is 10. The summed E-state index contributed by atoms with van der Waals surface area (Å²) in [5, 5.41) is 2.11. The lowest BCUT2D eigenvalue weighted by Gasteiger charge is -2.46. The Kier molecular flexibility index (Phi) is 12.0. The summed E-state index contributed by atoms with van der Waals surface area (Å²) in [5.41, 5.74) is 24.9. The molecule has 1 aliphatic carbocycles. The molecule has 0 unspecified atom stereocenters. The van der Waals surface area contributed by atoms with Crippen LogP contribution >= 0.6 is 0 Å². The Bertz CT molecular complexity index is 5400. The van der Waals surface area contributed by atoms with E-state index in [-0.39, 0.29) is 39.8 Å². The standard InChI is InChI=1S/C89H80BN3O/c1-55-47-62(87(6,7)8)48-56(2)84(55)91(64-42-38-61(39-43-64)86(3,4)5)66-44-45-75-79(52-66)92(65-40-35-59(36-41-65)67-31-24-32-70-69-30-21-23-34-82(69)94-85(67)70)80-50-63(88(9,10)11)51-81-83(80)90(75)76-49-60(57-25-16-14-17-26-57)37-46-77(76)93(81)78-54-74-72(53-71(78)58-27-18-15-19-28-58)68-29-20-22-33-73(68)89(74,12)13/h14-54H,1-13H3/i1D3,2D3. The van der Waals surface area contributed by atoms with E-state index in [1.165, 1.54) is 22.3 Å². The molecule has 0 saturated carbocycles. The summed E-state index contributed by atoms with van der Waals surface area (Å²) in [6, 6.07) is 88.7. The van der Waals surface area contributed by atoms with Gasteiger partial charge in [0, 0.05) is 75.4 Å². The fourth-order valence-electron chi connectivity index (χ4n) is 15.3. The lowest BCUT2D eigenvalue weighted by atomic mass is 9.33. The largest absolute Gasteiger partial charge is 0.455 e. The molecule has 0 fully saturated rings. The van der Waals surface area contributed by atoms with Gasteiger partial charge in [0.25, 0.3) is 6.71 Å². The predicted octanol–water partition coefficient (Wildman–Crippen LogP) is 23.0. The summed E-state index contributed by atoms with van der Waals surface area (Å²) in [4.78, 5) is 6.90. The highest BCUT2D eigenvalue weighted by atomic mass is 16.3. The molecule has 460 valence electrons. The zero-order valence-electron chi connectivity index (χ0n) is 61.5. The van der Waals surface area contributed by atoms with E-state index in [0.717, 1.165) is 117 Å². The quantitative estimate of drug-likeness (QED) is 0.141. The highest BCUT2D eigenvalue weighted by Gasteiger charge is 2.46. The van der Waals surface area contributed by atoms with Crippen molar-refractivity contribution in [1.82, 2.24) is 0 Å². The van der Waals surface area contributed by atoms with Gasteiger partial charge in [0.1, 0.15) is 11.2 Å². The van der Waals surface area contributed by atoms with Crippen LogP contribution in [0.25, 0.3) is 66.4 Å². The first-order valence-corrected chi connectivity index (χ1v) is 33.1. The van der Waals surface area contributed by atoms with Crippen LogP contribution in [0, 0.1) is 13.7 Å². The number of hydrogen-bond donors (Lipinski definition) is 0. The van der Waals surface area contributed by atoms with Crippen molar-refractivity contribution in [3.8, 4) is 44.5 Å². The molecule has 0 atom stereocenters. The molecule has 0 N–H and O–H groups in total. The Morgan fingerprint density at radius 1 is 0.394 bits per heavy atom. The molecular weight excluding hydrogens is 1140 g/mol. The van der Waals surface area contributed by atoms with Gasteiger partial charge in [-0.1, -0.05) is 252 Å². The van der Waals surface area contributed by atoms with Crippen LogP contribution in [0.3, 0.4) is 0 Å². The first-order valence-electron chi connectivity index (χ1n) is 36.1. The molecule has 1 aromatic heterocycles. The van der Waals surface area contributed by atoms with Crippen LogP contribution < -0.4 is 31.1 Å². The molecule has 12 aromatic carbocycles. The summed E-state index contributed by atoms with van der Waals surface area (Å²) < 4.78 is 63.1. The van der Waals surface area contributed by atoms with Crippen LogP contribution in [-0.4, -0.2) is 6.71 Å². The highest BCUT2D eigenvalue weighted by molar-refractivity contribution is 7.00. The van der Waals surface area contributed by atoms with E-state index >= 15 is 0 Å². The van der Waals surface area contributed by atoms with Crippen molar-refractivity contribution in [2.24, 2.45) is 0 Å². The van der Waals surface area contributed by atoms with E-state index in [1.807, 2.05) is 49.9 Å². The van der Waals surface area contributed by atoms with Crippen molar-refractivity contribution in [1.29, 1.82) is 0 Å². The Balaban J connectivity index is 1.02. The Labute approximate surface area is 564 Å². The Hall–Kier alpha value is -10.1. The van der Waals surface area contributed by atoms with Crippen LogP contribution in [0.15, 0.2) is 253 Å². The van der Waals surface area contributed by atoms with Crippen molar-refractivity contribution in [3.63, 3.8) is 0 Å². The SMILES string of the molecule is [2H]C([2H])([2H])c1cc(C(C)(C)C)cc(C([2H])([2H])[2H])c1N(c1ccc(C(C)(C)C)cc1)c1ccc2c(c1)N(c1ccc(-c3cccc4c3oc3ccccc34)cc1)c1cc(C(C)(C)C)cc3c1B2c1cc(-c2ccccc2)ccc1N3c1cc2c(cc1-c1ccccc1)-c1ccccc1C2(C)C. The van der Waals surface area contributed by atoms with Gasteiger partial charge in [0.15, 0.2) is 0 Å². The van der Waals surface area contributed by atoms with Gasteiger partial charge in [0.05, 0.1) is 11.4 Å². The third-order valence-corrected chi connectivity index (χ3v) is 20.3. The minimum atomic E-state index is -2.74. The molecule has 3 aliphatic rings. The molecule has 0 amide bonds. The fraction of sp³-hybridized carbons (Fsp3) is 0.191. The molecule has 5 heteroatoms. The first kappa shape index (κ1) is 52.4. The minimum Gasteiger partial charge on any atom is -0.455 e. The average molecular weight is 1220 g/mol. The van der Waals surface area contributed by atoms with Crippen molar-refractivity contribution >= 4 is 96.2 Å². The maximum absolute atomic E-state index is 9.41. The number of nitrogens with zero attached hydrogens (tertiary/aromatic N) is 3. The average Bonchev–Trinajstić information content (AvgIpc) is 0.779. The van der Waals surface area contributed by atoms with E-state index in [9.17, 15) is 8.22 Å². The van der Waals surface area contributed by atoms with E-state index in [4.69, 9.17) is 4.42 Å². The predicted molar refractivity (Wildman–Crippen MR) is 402 cm³/mol. The lowest BCUT2D eigenvalue weighted by Crippen LogP contribution is -2.61. The van der Waals surface area contributed by atoms with Crippen molar-refractivity contribution in [2.45, 2.75) is 112 Å². The third-order valence-electron chi connectivity index (χ3n) is 20.3. The maximum atomic E-state index is 9.41. The summed E-state index contributed by atoms with van der Waals surface area (Å²) in [7, 11) is 0. The molecule has 13 aromatic rings. The minimum absolute atomic E-state index is 0.0381. The Morgan fingerprint density at radius 2 is 0.979 bits per heavy atom. The van der Waals surface area contributed by atoms with Gasteiger partial charge in [-0.25, -0.2) is 0 Å². The molecule has 0 radical (unpaired) electrons. The van der Waals surface area contributed by atoms with E-state index in [1.54, 1.807) is 12.1 Å². The maximum Gasteiger partial charge on any atom is 0.252 e. The number of para-hydroxylation sites is 2. The topological polar surface area (TPSA) is 22.9 Å². The second-order valence-corrected chi connectivity index (χ2v) is 29.7. The number of hydrogen-bond acceptors (Lipinski definition) is 4. The number of furan rings is 1. The monoisotopic (exact) mass is 1220 g/mol. The number of aryl methyl sites for hydroxylation is 2. The zero-order valence-corrected chi connectivity index (χ0v) is 55.5. The molecule has 16 rings (SSSR count). The van der Waals surface area contributed by atoms with Crippen molar-refractivity contribution in [3.05, 3.63) is 288 Å². The zero-order chi connectivity index (χ0) is 69.9. The number of anilines is 9. The molecule has 94 heavy (non-hydrogen) atoms. The van der Waals surface area contributed by atoms with Crippen LogP contribution in [0.5, 0.6) is 0 Å². The van der Waals surface area contributed by atoms with Gasteiger partial charge in [-0.3, -0.25) is 0 Å². The number of rotatable bonds is 8. The van der Waals surface area contributed by atoms with Gasteiger partial charge in [-0.05, 0) is 191 Å². The second kappa shape index (κ2) is 21.5. The highest BCUT2D eigenvalue weighted by Crippen LogP contribution is 2.56. The van der Waals surface area contributed by atoms with Crippen molar-refractivity contribution < 1.29 is 12.6 Å². The number of benzene rings is 12. The van der Waals surface area contributed by atoms with Gasteiger partial charge in [-0.2, -0.15) is 0 Å². The Morgan fingerprint density at radius 3 is 1.67 bits per heavy atom. The second-order valence-electron chi connectivity index (χ2n) is 29.7. The van der Waals surface area contributed by atoms with E-state index in [2.05, 4.69) is 278 Å². The van der Waals surface area contributed by atoms with Gasteiger partial charge < -0.3 is 19.1 Å². The van der Waals surface area contributed by atoms with Crippen LogP contribution in [0.2, 0.25) is 0 Å². The normalized spacial score (nSPS) is 15.0. The summed E-state index contributed by atoms with van der Waals surface area (Å²) in [6.07, 6.45) is 0. The molecule has 4 nitrogen and oxygen atoms in total. The van der Waals surface area contributed by atoms with Crippen LogP contribution in [0.4, 0.5) is 51.2 Å². The smallest absolute Gasteiger partial charge is 0.252 e. The summed E-state index contributed by atoms with van der Waals surface area (Å²) in [5.74, 6) is 0. The molecule has 0 saturated heterocycles. The summed E-state index contributed by atoms with van der Waals surface area (Å²) in [6.45, 7) is 18.3. The van der Waals surface area contributed by atoms with Crippen LogP contribution in [0.1, 0.15) is 123 Å². The van der Waals surface area contributed by atoms with Crippen molar-refractivity contribution in [2.75, 3.05) is 14.7 Å². The lowest BCUT2D eigenvalue weighted by molar-refractivity contribution is 0.589. The first-order chi connectivity index (χ1) is 47.5. The third kappa shape index (κ3) is 9.47. The molecule has 0 bridgehead atoms. The molecule has 2 aliphatic heterocycles. The van der Waals surface area contributed by atoms with E-state index < -0.39 is 19.1 Å². The van der Waals surface area contributed by atoms with E-state index in [0.29, 0.717) is 16.9 Å². The van der Waals surface area contributed by atoms with Crippen LogP contribution in [-0.2, 0) is 21.7 Å². The summed E-state index contributed by atoms with van der Waals surface area (Å²) >= 11 is 0.